The van der Waals surface area contributed by atoms with E-state index in [0.29, 0.717) is 11.4 Å². The van der Waals surface area contributed by atoms with E-state index in [2.05, 4.69) is 10.5 Å². The Balaban J connectivity index is 2.03. The normalized spacial score (nSPS) is 12.2. The lowest BCUT2D eigenvalue weighted by Crippen LogP contribution is -2.12. The highest BCUT2D eigenvalue weighted by atomic mass is 16.5. The Morgan fingerprint density at radius 1 is 1.45 bits per heavy atom. The van der Waals surface area contributed by atoms with Crippen LogP contribution in [0.4, 0.5) is 5.69 Å². The molecule has 20 heavy (non-hydrogen) atoms. The predicted octanol–water partition coefficient (Wildman–Crippen LogP) is 2.09. The van der Waals surface area contributed by atoms with Crippen molar-refractivity contribution in [2.45, 2.75) is 19.6 Å². The van der Waals surface area contributed by atoms with Crippen molar-refractivity contribution in [3.63, 3.8) is 0 Å². The van der Waals surface area contributed by atoms with Gasteiger partial charge >= 0.3 is 0 Å². The van der Waals surface area contributed by atoms with Crippen molar-refractivity contribution in [2.75, 3.05) is 12.4 Å². The molecular formula is C14H17N3O3. The molecule has 0 fully saturated rings. The highest BCUT2D eigenvalue weighted by Gasteiger charge is 2.12. The molecule has 0 aliphatic heterocycles. The van der Waals surface area contributed by atoms with Gasteiger partial charge in [0.25, 0.3) is 5.91 Å². The Morgan fingerprint density at radius 3 is 2.75 bits per heavy atom. The van der Waals surface area contributed by atoms with E-state index in [0.717, 1.165) is 5.56 Å². The summed E-state index contributed by atoms with van der Waals surface area (Å²) in [6.45, 7) is 2.18. The Labute approximate surface area is 116 Å². The molecule has 0 spiro atoms. The van der Waals surface area contributed by atoms with Crippen LogP contribution >= 0.6 is 0 Å². The van der Waals surface area contributed by atoms with E-state index in [9.17, 15) is 4.79 Å². The van der Waals surface area contributed by atoms with Gasteiger partial charge in [0, 0.05) is 24.9 Å². The molecule has 6 heteroatoms. The summed E-state index contributed by atoms with van der Waals surface area (Å²) >= 11 is 0. The van der Waals surface area contributed by atoms with E-state index >= 15 is 0 Å². The smallest absolute Gasteiger partial charge is 0.277 e. The summed E-state index contributed by atoms with van der Waals surface area (Å²) in [4.78, 5) is 12.0. The predicted molar refractivity (Wildman–Crippen MR) is 74.2 cm³/mol. The molecule has 0 aliphatic rings. The lowest BCUT2D eigenvalue weighted by Gasteiger charge is -2.07. The molecule has 3 N–H and O–H groups in total. The molecule has 0 saturated carbocycles. The number of carbonyl (C=O) groups is 1. The number of anilines is 1. The van der Waals surface area contributed by atoms with Crippen molar-refractivity contribution in [2.24, 2.45) is 5.73 Å². The van der Waals surface area contributed by atoms with Crippen molar-refractivity contribution < 1.29 is 14.1 Å². The Morgan fingerprint density at radius 2 is 2.15 bits per heavy atom. The number of nitrogens with two attached hydrogens (primary N) is 1. The van der Waals surface area contributed by atoms with Crippen molar-refractivity contribution in [1.29, 1.82) is 0 Å². The summed E-state index contributed by atoms with van der Waals surface area (Å²) in [6.07, 6.45) is 0. The Kier molecular flexibility index (Phi) is 4.49. The monoisotopic (exact) mass is 275 g/mol. The first kappa shape index (κ1) is 14.2. The summed E-state index contributed by atoms with van der Waals surface area (Å²) in [7, 11) is 1.54. The first-order valence-electron chi connectivity index (χ1n) is 6.21. The Bertz CT molecular complexity index is 576. The molecule has 0 saturated heterocycles. The number of rotatable bonds is 5. The van der Waals surface area contributed by atoms with Crippen molar-refractivity contribution >= 4 is 11.6 Å². The average molecular weight is 275 g/mol. The largest absolute Gasteiger partial charge is 0.377 e. The fourth-order valence-corrected chi connectivity index (χ4v) is 1.70. The number of aromatic nitrogens is 1. The number of carbonyl (C=O) groups excluding carboxylic acids is 1. The highest BCUT2D eigenvalue weighted by Crippen LogP contribution is 2.15. The van der Waals surface area contributed by atoms with Gasteiger partial charge in [-0.1, -0.05) is 17.3 Å². The molecule has 2 rings (SSSR count). The van der Waals surface area contributed by atoms with Gasteiger partial charge in [0.05, 0.1) is 0 Å². The van der Waals surface area contributed by atoms with Crippen LogP contribution in [-0.4, -0.2) is 18.2 Å². The molecular weight excluding hydrogens is 258 g/mol. The number of ether oxygens (including phenoxy) is 1. The molecule has 2 aromatic rings. The van der Waals surface area contributed by atoms with Crippen molar-refractivity contribution in [3.8, 4) is 0 Å². The van der Waals surface area contributed by atoms with Gasteiger partial charge in [-0.15, -0.1) is 0 Å². The van der Waals surface area contributed by atoms with Crippen LogP contribution in [0.2, 0.25) is 0 Å². The molecule has 0 aliphatic carbocycles. The maximum absolute atomic E-state index is 12.0. The average Bonchev–Trinajstić information content (AvgIpc) is 2.88. The fourth-order valence-electron chi connectivity index (χ4n) is 1.70. The first-order chi connectivity index (χ1) is 9.60. The number of hydrogen-bond donors (Lipinski definition) is 2. The third kappa shape index (κ3) is 3.43. The van der Waals surface area contributed by atoms with Gasteiger partial charge in [-0.3, -0.25) is 4.79 Å². The number of amides is 1. The third-order valence-corrected chi connectivity index (χ3v) is 2.77. The molecule has 6 nitrogen and oxygen atoms in total. The number of hydrogen-bond acceptors (Lipinski definition) is 5. The van der Waals surface area contributed by atoms with E-state index in [4.69, 9.17) is 15.0 Å². The van der Waals surface area contributed by atoms with Gasteiger partial charge in [-0.25, -0.2) is 0 Å². The molecule has 106 valence electrons. The fraction of sp³-hybridized carbons (Fsp3) is 0.286. The van der Waals surface area contributed by atoms with E-state index in [1.807, 2.05) is 19.1 Å². The SMILES string of the molecule is COCc1cc(C(=O)Nc2ccc(C(C)N)cc2)no1. The van der Waals surface area contributed by atoms with E-state index < -0.39 is 0 Å². The zero-order valence-corrected chi connectivity index (χ0v) is 11.4. The quantitative estimate of drug-likeness (QED) is 0.872. The standard InChI is InChI=1S/C14H17N3O3/c1-9(15)10-3-5-11(6-4-10)16-14(18)13-7-12(8-19-2)20-17-13/h3-7,9H,8,15H2,1-2H3,(H,16,18). The van der Waals surface area contributed by atoms with Crippen LogP contribution in [0.5, 0.6) is 0 Å². The second-order valence-corrected chi connectivity index (χ2v) is 4.48. The maximum atomic E-state index is 12.0. The minimum Gasteiger partial charge on any atom is -0.377 e. The molecule has 1 amide bonds. The second-order valence-electron chi connectivity index (χ2n) is 4.48. The van der Waals surface area contributed by atoms with E-state index in [1.165, 1.54) is 0 Å². The summed E-state index contributed by atoms with van der Waals surface area (Å²) in [5.74, 6) is 0.176. The number of nitrogens with one attached hydrogen (secondary N) is 1. The zero-order valence-electron chi connectivity index (χ0n) is 11.4. The second kappa shape index (κ2) is 6.31. The first-order valence-corrected chi connectivity index (χ1v) is 6.21. The van der Waals surface area contributed by atoms with Crippen LogP contribution in [0.1, 0.15) is 34.8 Å². The van der Waals surface area contributed by atoms with Crippen LogP contribution in [0.3, 0.4) is 0 Å². The molecule has 0 radical (unpaired) electrons. The molecule has 1 atom stereocenters. The summed E-state index contributed by atoms with van der Waals surface area (Å²) in [5, 5.41) is 6.43. The molecule has 1 aromatic carbocycles. The van der Waals surface area contributed by atoms with Gasteiger partial charge in [0.1, 0.15) is 6.61 Å². The number of methoxy groups -OCH3 is 1. The van der Waals surface area contributed by atoms with Crippen LogP contribution in [-0.2, 0) is 11.3 Å². The van der Waals surface area contributed by atoms with E-state index in [-0.39, 0.29) is 24.2 Å². The van der Waals surface area contributed by atoms with Crippen LogP contribution in [0, 0.1) is 0 Å². The molecule has 1 heterocycles. The van der Waals surface area contributed by atoms with Crippen molar-refractivity contribution in [3.05, 3.63) is 47.3 Å². The third-order valence-electron chi connectivity index (χ3n) is 2.77. The molecule has 1 unspecified atom stereocenters. The summed E-state index contributed by atoms with van der Waals surface area (Å²) in [6, 6.07) is 8.86. The minimum atomic E-state index is -0.329. The van der Waals surface area contributed by atoms with E-state index in [1.54, 1.807) is 25.3 Å². The van der Waals surface area contributed by atoms with Gasteiger partial charge in [-0.2, -0.15) is 0 Å². The van der Waals surface area contributed by atoms with Gasteiger partial charge in [-0.05, 0) is 24.6 Å². The Hall–Kier alpha value is -2.18. The minimum absolute atomic E-state index is 0.0353. The van der Waals surface area contributed by atoms with Crippen LogP contribution in [0.25, 0.3) is 0 Å². The lowest BCUT2D eigenvalue weighted by atomic mass is 10.1. The maximum Gasteiger partial charge on any atom is 0.277 e. The zero-order chi connectivity index (χ0) is 14.5. The number of nitrogens with zero attached hydrogens (tertiary/aromatic N) is 1. The topological polar surface area (TPSA) is 90.4 Å². The molecule has 0 bridgehead atoms. The van der Waals surface area contributed by atoms with Gasteiger partial charge in [0.15, 0.2) is 11.5 Å². The van der Waals surface area contributed by atoms with Crippen molar-refractivity contribution in [1.82, 2.24) is 5.16 Å². The highest BCUT2D eigenvalue weighted by molar-refractivity contribution is 6.02. The molecule has 1 aromatic heterocycles. The van der Waals surface area contributed by atoms with Crippen LogP contribution < -0.4 is 11.1 Å². The van der Waals surface area contributed by atoms with Crippen LogP contribution in [0.15, 0.2) is 34.9 Å². The summed E-state index contributed by atoms with van der Waals surface area (Å²) in [5.41, 5.74) is 7.66. The number of benzene rings is 1. The summed E-state index contributed by atoms with van der Waals surface area (Å²) < 4.78 is 9.86. The lowest BCUT2D eigenvalue weighted by molar-refractivity contribution is 0.101. The van der Waals surface area contributed by atoms with Gasteiger partial charge < -0.3 is 20.3 Å². The van der Waals surface area contributed by atoms with Gasteiger partial charge in [0.2, 0.25) is 0 Å².